The first-order chi connectivity index (χ1) is 8.56. The molecule has 1 aromatic carbocycles. The summed E-state index contributed by atoms with van der Waals surface area (Å²) < 4.78 is 11.9. The predicted molar refractivity (Wildman–Crippen MR) is 78.2 cm³/mol. The first-order valence-electron chi connectivity index (χ1n) is 6.75. The molecule has 2 nitrogen and oxygen atoms in total. The molecule has 0 saturated carbocycles. The van der Waals surface area contributed by atoms with E-state index in [2.05, 4.69) is 43.4 Å². The Labute approximate surface area is 113 Å². The fourth-order valence-corrected chi connectivity index (χ4v) is 3.61. The topological polar surface area (TPSA) is 29.1 Å². The Morgan fingerprint density at radius 3 is 2.56 bits per heavy atom. The molecule has 1 saturated heterocycles. The maximum absolute atomic E-state index is 11.9. The normalized spacial score (nSPS) is 28.6. The lowest BCUT2D eigenvalue weighted by Crippen LogP contribution is -2.41. The summed E-state index contributed by atoms with van der Waals surface area (Å²) in [5, 5.41) is 3.76. The average Bonchev–Trinajstić information content (AvgIpc) is 2.33. The molecule has 1 fully saturated rings. The van der Waals surface area contributed by atoms with Crippen molar-refractivity contribution in [3.05, 3.63) is 35.4 Å². The van der Waals surface area contributed by atoms with Crippen molar-refractivity contribution in [1.82, 2.24) is 5.32 Å². The zero-order chi connectivity index (χ0) is 13.1. The van der Waals surface area contributed by atoms with E-state index in [4.69, 9.17) is 0 Å². The predicted octanol–water partition coefficient (Wildman–Crippen LogP) is 2.67. The second kappa shape index (κ2) is 5.98. The van der Waals surface area contributed by atoms with Gasteiger partial charge in [-0.1, -0.05) is 38.1 Å². The van der Waals surface area contributed by atoms with Gasteiger partial charge in [0.25, 0.3) is 0 Å². The van der Waals surface area contributed by atoms with Crippen molar-refractivity contribution in [3.63, 3.8) is 0 Å². The zero-order valence-electron chi connectivity index (χ0n) is 11.5. The number of rotatable bonds is 3. The molecule has 0 aliphatic carbocycles. The molecular weight excluding hydrogens is 242 g/mol. The van der Waals surface area contributed by atoms with E-state index in [0.717, 1.165) is 18.7 Å². The highest BCUT2D eigenvalue weighted by atomic mass is 32.2. The summed E-state index contributed by atoms with van der Waals surface area (Å²) in [6.45, 7) is 7.37. The highest BCUT2D eigenvalue weighted by molar-refractivity contribution is 7.85. The van der Waals surface area contributed by atoms with Crippen LogP contribution in [-0.2, 0) is 17.2 Å². The number of nitrogens with one attached hydrogen (secondary N) is 1. The van der Waals surface area contributed by atoms with Crippen LogP contribution >= 0.6 is 0 Å². The summed E-state index contributed by atoms with van der Waals surface area (Å²) in [6, 6.07) is 9.04. The Bertz CT molecular complexity index is 413. The molecule has 0 spiro atoms. The lowest BCUT2D eigenvalue weighted by Gasteiger charge is -2.27. The van der Waals surface area contributed by atoms with Gasteiger partial charge in [-0.05, 0) is 30.4 Å². The molecule has 0 amide bonds. The van der Waals surface area contributed by atoms with Crippen LogP contribution in [0.15, 0.2) is 24.3 Å². The van der Waals surface area contributed by atoms with Crippen molar-refractivity contribution in [3.8, 4) is 0 Å². The third-order valence-electron chi connectivity index (χ3n) is 3.46. The lowest BCUT2D eigenvalue weighted by atomic mass is 10.00. The molecular formula is C15H23NOS. The Balaban J connectivity index is 2.03. The van der Waals surface area contributed by atoms with Gasteiger partial charge in [-0.2, -0.15) is 0 Å². The third kappa shape index (κ3) is 3.42. The van der Waals surface area contributed by atoms with E-state index >= 15 is 0 Å². The van der Waals surface area contributed by atoms with Crippen LogP contribution in [0.2, 0.25) is 0 Å². The van der Waals surface area contributed by atoms with E-state index in [9.17, 15) is 4.21 Å². The molecule has 3 unspecified atom stereocenters. The van der Waals surface area contributed by atoms with Crippen LogP contribution in [0.5, 0.6) is 0 Å². The molecule has 1 aromatic rings. The van der Waals surface area contributed by atoms with E-state index in [1.165, 1.54) is 11.1 Å². The van der Waals surface area contributed by atoms with Crippen LogP contribution in [0.25, 0.3) is 0 Å². The smallest absolute Gasteiger partial charge is 0.0445 e. The summed E-state index contributed by atoms with van der Waals surface area (Å²) in [4.78, 5) is 0. The van der Waals surface area contributed by atoms with Crippen LogP contribution < -0.4 is 5.32 Å². The molecule has 0 radical (unpaired) electrons. The summed E-state index contributed by atoms with van der Waals surface area (Å²) in [6.07, 6.45) is 1.13. The van der Waals surface area contributed by atoms with Crippen LogP contribution in [0.1, 0.15) is 37.9 Å². The fraction of sp³-hybridized carbons (Fsp3) is 0.600. The van der Waals surface area contributed by atoms with Crippen molar-refractivity contribution in [2.24, 2.45) is 5.92 Å². The molecule has 1 N–H and O–H groups in total. The van der Waals surface area contributed by atoms with Gasteiger partial charge < -0.3 is 5.32 Å². The Hall–Kier alpha value is -0.670. The lowest BCUT2D eigenvalue weighted by molar-refractivity contribution is 0.540. The zero-order valence-corrected chi connectivity index (χ0v) is 12.3. The van der Waals surface area contributed by atoms with Gasteiger partial charge in [0.2, 0.25) is 0 Å². The van der Waals surface area contributed by atoms with Crippen molar-refractivity contribution >= 4 is 10.8 Å². The standard InChI is InChI=1S/C15H23NOS/c1-11(2)8-13-4-6-14(7-5-13)15-10-18(17)12(3)9-16-15/h4-7,11-12,15-16H,8-10H2,1-3H3. The van der Waals surface area contributed by atoms with Crippen molar-refractivity contribution in [2.75, 3.05) is 12.3 Å². The van der Waals surface area contributed by atoms with E-state index in [-0.39, 0.29) is 11.3 Å². The van der Waals surface area contributed by atoms with E-state index < -0.39 is 10.8 Å². The summed E-state index contributed by atoms with van der Waals surface area (Å²) in [5.74, 6) is 1.43. The van der Waals surface area contributed by atoms with Crippen LogP contribution in [0, 0.1) is 5.92 Å². The first kappa shape index (κ1) is 13.8. The molecule has 18 heavy (non-hydrogen) atoms. The summed E-state index contributed by atoms with van der Waals surface area (Å²) in [7, 11) is -0.692. The van der Waals surface area contributed by atoms with Crippen molar-refractivity contribution < 1.29 is 4.21 Å². The maximum atomic E-state index is 11.9. The van der Waals surface area contributed by atoms with Crippen LogP contribution in [0.3, 0.4) is 0 Å². The van der Waals surface area contributed by atoms with Gasteiger partial charge in [-0.3, -0.25) is 4.21 Å². The quantitative estimate of drug-likeness (QED) is 0.910. The minimum absolute atomic E-state index is 0.259. The van der Waals surface area contributed by atoms with Gasteiger partial charge in [0, 0.05) is 34.4 Å². The van der Waals surface area contributed by atoms with E-state index in [0.29, 0.717) is 5.92 Å². The highest BCUT2D eigenvalue weighted by Crippen LogP contribution is 2.20. The number of hydrogen-bond acceptors (Lipinski definition) is 2. The molecule has 1 heterocycles. The van der Waals surface area contributed by atoms with Gasteiger partial charge >= 0.3 is 0 Å². The molecule has 3 atom stereocenters. The van der Waals surface area contributed by atoms with E-state index in [1.54, 1.807) is 0 Å². The second-order valence-electron chi connectivity index (χ2n) is 5.66. The number of benzene rings is 1. The molecule has 0 bridgehead atoms. The largest absolute Gasteiger partial charge is 0.308 e. The van der Waals surface area contributed by atoms with Gasteiger partial charge in [0.15, 0.2) is 0 Å². The van der Waals surface area contributed by atoms with Crippen molar-refractivity contribution in [2.45, 2.75) is 38.5 Å². The highest BCUT2D eigenvalue weighted by Gasteiger charge is 2.24. The minimum Gasteiger partial charge on any atom is -0.308 e. The SMILES string of the molecule is CC(C)Cc1ccc(C2CS(=O)C(C)CN2)cc1. The maximum Gasteiger partial charge on any atom is 0.0445 e. The summed E-state index contributed by atoms with van der Waals surface area (Å²) >= 11 is 0. The molecule has 0 aromatic heterocycles. The molecule has 1 aliphatic heterocycles. The number of hydrogen-bond donors (Lipinski definition) is 1. The van der Waals surface area contributed by atoms with E-state index in [1.807, 2.05) is 6.92 Å². The van der Waals surface area contributed by atoms with Crippen LogP contribution in [-0.4, -0.2) is 21.8 Å². The van der Waals surface area contributed by atoms with Gasteiger partial charge in [0.05, 0.1) is 0 Å². The molecule has 2 rings (SSSR count). The van der Waals surface area contributed by atoms with Crippen molar-refractivity contribution in [1.29, 1.82) is 0 Å². The molecule has 100 valence electrons. The fourth-order valence-electron chi connectivity index (χ4n) is 2.36. The Morgan fingerprint density at radius 1 is 1.33 bits per heavy atom. The summed E-state index contributed by atoms with van der Waals surface area (Å²) in [5.41, 5.74) is 2.65. The first-order valence-corrected chi connectivity index (χ1v) is 8.14. The molecule has 3 heteroatoms. The Kier molecular flexibility index (Phi) is 4.57. The van der Waals surface area contributed by atoms with Gasteiger partial charge in [-0.25, -0.2) is 0 Å². The monoisotopic (exact) mass is 265 g/mol. The molecule has 1 aliphatic rings. The minimum atomic E-state index is -0.692. The second-order valence-corrected chi connectivity index (χ2v) is 7.56. The Morgan fingerprint density at radius 2 is 2.00 bits per heavy atom. The van der Waals surface area contributed by atoms with Gasteiger partial charge in [-0.15, -0.1) is 0 Å². The average molecular weight is 265 g/mol. The van der Waals surface area contributed by atoms with Crippen LogP contribution in [0.4, 0.5) is 0 Å². The van der Waals surface area contributed by atoms with Gasteiger partial charge in [0.1, 0.15) is 0 Å². The third-order valence-corrected chi connectivity index (χ3v) is 5.18.